The molecule has 0 unspecified atom stereocenters. The van der Waals surface area contributed by atoms with Gasteiger partial charge in [-0.25, -0.2) is 3.96 Å². The largest absolute Gasteiger partial charge is 0.268 e. The lowest BCUT2D eigenvalue weighted by Gasteiger charge is -2.03. The smallest absolute Gasteiger partial charge is 0.265 e. The molecule has 2 aromatic rings. The van der Waals surface area contributed by atoms with Gasteiger partial charge in [-0.2, -0.15) is 0 Å². The zero-order valence-corrected chi connectivity index (χ0v) is 9.93. The lowest BCUT2D eigenvalue weighted by atomic mass is 10.2. The molecule has 4 heteroatoms. The third kappa shape index (κ3) is 1.67. The van der Waals surface area contributed by atoms with Crippen molar-refractivity contribution in [2.45, 2.75) is 6.92 Å². The SMILES string of the molecule is Cc1cc(-n2sccc2=O)ccc1Br. The predicted molar refractivity (Wildman–Crippen MR) is 62.4 cm³/mol. The number of benzene rings is 1. The van der Waals surface area contributed by atoms with Gasteiger partial charge in [-0.05, 0) is 30.7 Å². The van der Waals surface area contributed by atoms with Crippen LogP contribution in [0.1, 0.15) is 5.56 Å². The van der Waals surface area contributed by atoms with Gasteiger partial charge in [-0.15, -0.1) is 0 Å². The Kier molecular flexibility index (Phi) is 2.56. The van der Waals surface area contributed by atoms with E-state index in [0.29, 0.717) is 0 Å². The Morgan fingerprint density at radius 1 is 1.36 bits per heavy atom. The van der Waals surface area contributed by atoms with Gasteiger partial charge in [0.15, 0.2) is 0 Å². The molecule has 0 aliphatic carbocycles. The van der Waals surface area contributed by atoms with Crippen LogP contribution in [-0.2, 0) is 0 Å². The van der Waals surface area contributed by atoms with E-state index >= 15 is 0 Å². The molecule has 0 atom stereocenters. The number of nitrogens with zero attached hydrogens (tertiary/aromatic N) is 1. The third-order valence-electron chi connectivity index (χ3n) is 1.95. The van der Waals surface area contributed by atoms with Crippen molar-refractivity contribution in [1.82, 2.24) is 3.96 Å². The Morgan fingerprint density at radius 2 is 2.14 bits per heavy atom. The molecule has 1 aromatic heterocycles. The summed E-state index contributed by atoms with van der Waals surface area (Å²) in [6.45, 7) is 2.01. The van der Waals surface area contributed by atoms with Crippen molar-refractivity contribution >= 4 is 27.5 Å². The highest BCUT2D eigenvalue weighted by Gasteiger charge is 2.02. The average Bonchev–Trinajstić information content (AvgIpc) is 2.57. The molecule has 2 nitrogen and oxygen atoms in total. The van der Waals surface area contributed by atoms with E-state index in [1.165, 1.54) is 11.5 Å². The average molecular weight is 270 g/mol. The highest BCUT2D eigenvalue weighted by molar-refractivity contribution is 9.10. The zero-order chi connectivity index (χ0) is 10.1. The maximum Gasteiger partial charge on any atom is 0.265 e. The van der Waals surface area contributed by atoms with Gasteiger partial charge < -0.3 is 0 Å². The lowest BCUT2D eigenvalue weighted by Crippen LogP contribution is -2.09. The molecule has 1 aromatic carbocycles. The van der Waals surface area contributed by atoms with Gasteiger partial charge in [0.25, 0.3) is 5.56 Å². The maximum atomic E-state index is 11.4. The molecule has 0 aliphatic rings. The summed E-state index contributed by atoms with van der Waals surface area (Å²) in [5.74, 6) is 0. The van der Waals surface area contributed by atoms with E-state index in [0.717, 1.165) is 15.7 Å². The number of halogens is 1. The molecule has 0 amide bonds. The van der Waals surface area contributed by atoms with Crippen molar-refractivity contribution in [3.05, 3.63) is 50.0 Å². The fourth-order valence-corrected chi connectivity index (χ4v) is 2.16. The monoisotopic (exact) mass is 269 g/mol. The highest BCUT2D eigenvalue weighted by Crippen LogP contribution is 2.19. The Bertz CT molecular complexity index is 515. The Labute approximate surface area is 94.1 Å². The molecule has 0 fully saturated rings. The summed E-state index contributed by atoms with van der Waals surface area (Å²) in [5, 5.41) is 1.79. The summed E-state index contributed by atoms with van der Waals surface area (Å²) >= 11 is 4.83. The molecule has 14 heavy (non-hydrogen) atoms. The normalized spacial score (nSPS) is 10.4. The number of hydrogen-bond donors (Lipinski definition) is 0. The standard InChI is InChI=1S/C10H8BrNOS/c1-7-6-8(2-3-9(7)11)12-10(13)4-5-14-12/h2-6H,1H3. The van der Waals surface area contributed by atoms with Gasteiger partial charge >= 0.3 is 0 Å². The molecule has 2 rings (SSSR count). The zero-order valence-electron chi connectivity index (χ0n) is 7.53. The van der Waals surface area contributed by atoms with E-state index in [4.69, 9.17) is 0 Å². The Hall–Kier alpha value is -0.870. The van der Waals surface area contributed by atoms with Crippen molar-refractivity contribution in [3.63, 3.8) is 0 Å². The Balaban J connectivity index is 2.59. The van der Waals surface area contributed by atoms with Crippen molar-refractivity contribution < 1.29 is 0 Å². The van der Waals surface area contributed by atoms with Gasteiger partial charge in [0.1, 0.15) is 0 Å². The topological polar surface area (TPSA) is 22.0 Å². The van der Waals surface area contributed by atoms with Crippen molar-refractivity contribution in [2.24, 2.45) is 0 Å². The van der Waals surface area contributed by atoms with Gasteiger partial charge in [0, 0.05) is 15.9 Å². The van der Waals surface area contributed by atoms with Crippen LogP contribution >= 0.6 is 27.5 Å². The second-order valence-corrected chi connectivity index (χ2v) is 4.68. The summed E-state index contributed by atoms with van der Waals surface area (Å²) in [6.07, 6.45) is 0. The van der Waals surface area contributed by atoms with E-state index in [1.807, 2.05) is 25.1 Å². The minimum Gasteiger partial charge on any atom is -0.268 e. The van der Waals surface area contributed by atoms with E-state index in [1.54, 1.807) is 15.4 Å². The van der Waals surface area contributed by atoms with E-state index in [2.05, 4.69) is 15.9 Å². The molecule has 0 radical (unpaired) electrons. The van der Waals surface area contributed by atoms with Crippen LogP contribution in [-0.4, -0.2) is 3.96 Å². The summed E-state index contributed by atoms with van der Waals surface area (Å²) in [4.78, 5) is 11.4. The van der Waals surface area contributed by atoms with E-state index in [-0.39, 0.29) is 5.56 Å². The molecule has 0 aliphatic heterocycles. The first-order chi connectivity index (χ1) is 6.68. The van der Waals surface area contributed by atoms with Crippen molar-refractivity contribution in [2.75, 3.05) is 0 Å². The van der Waals surface area contributed by atoms with E-state index < -0.39 is 0 Å². The summed E-state index contributed by atoms with van der Waals surface area (Å²) < 4.78 is 2.73. The second-order valence-electron chi connectivity index (χ2n) is 2.97. The predicted octanol–water partition coefficient (Wildman–Crippen LogP) is 2.97. The van der Waals surface area contributed by atoms with Crippen LogP contribution < -0.4 is 5.56 Å². The first-order valence-corrected chi connectivity index (χ1v) is 5.75. The van der Waals surface area contributed by atoms with Gasteiger partial charge in [0.05, 0.1) is 5.69 Å². The van der Waals surface area contributed by atoms with Crippen LogP contribution in [0.2, 0.25) is 0 Å². The fraction of sp³-hybridized carbons (Fsp3) is 0.100. The second kappa shape index (κ2) is 3.71. The summed E-state index contributed by atoms with van der Waals surface area (Å²) in [6, 6.07) is 7.44. The minimum atomic E-state index is 0.0247. The van der Waals surface area contributed by atoms with Crippen molar-refractivity contribution in [1.29, 1.82) is 0 Å². The Morgan fingerprint density at radius 3 is 2.71 bits per heavy atom. The van der Waals surface area contributed by atoms with Crippen LogP contribution in [0.4, 0.5) is 0 Å². The number of hydrogen-bond acceptors (Lipinski definition) is 2. The number of rotatable bonds is 1. The summed E-state index contributed by atoms with van der Waals surface area (Å²) in [5.41, 5.74) is 2.07. The van der Waals surface area contributed by atoms with Crippen LogP contribution in [0.5, 0.6) is 0 Å². The highest BCUT2D eigenvalue weighted by atomic mass is 79.9. The van der Waals surface area contributed by atoms with Crippen LogP contribution in [0.3, 0.4) is 0 Å². The number of aryl methyl sites for hydroxylation is 1. The van der Waals surface area contributed by atoms with Crippen LogP contribution in [0.15, 0.2) is 38.9 Å². The molecular weight excluding hydrogens is 262 g/mol. The number of aromatic nitrogens is 1. The molecule has 0 saturated heterocycles. The van der Waals surface area contributed by atoms with Gasteiger partial charge in [-0.3, -0.25) is 4.79 Å². The molecule has 1 heterocycles. The third-order valence-corrected chi connectivity index (χ3v) is 3.70. The van der Waals surface area contributed by atoms with Gasteiger partial charge in [0.2, 0.25) is 0 Å². The van der Waals surface area contributed by atoms with E-state index in [9.17, 15) is 4.79 Å². The molecule has 72 valence electrons. The first kappa shape index (κ1) is 9.68. The van der Waals surface area contributed by atoms with Crippen LogP contribution in [0, 0.1) is 6.92 Å². The lowest BCUT2D eigenvalue weighted by molar-refractivity contribution is 1.12. The maximum absolute atomic E-state index is 11.4. The first-order valence-electron chi connectivity index (χ1n) is 4.12. The quantitative estimate of drug-likeness (QED) is 0.780. The molecule has 0 spiro atoms. The molecule has 0 bridgehead atoms. The molecule has 0 saturated carbocycles. The fourth-order valence-electron chi connectivity index (χ4n) is 1.21. The van der Waals surface area contributed by atoms with Gasteiger partial charge in [-0.1, -0.05) is 27.5 Å². The minimum absolute atomic E-state index is 0.0247. The molecular formula is C10H8BrNOS. The van der Waals surface area contributed by atoms with Crippen LogP contribution in [0.25, 0.3) is 5.69 Å². The van der Waals surface area contributed by atoms with Crippen molar-refractivity contribution in [3.8, 4) is 5.69 Å². The summed E-state index contributed by atoms with van der Waals surface area (Å²) in [7, 11) is 0. The molecule has 0 N–H and O–H groups in total.